The van der Waals surface area contributed by atoms with Gasteiger partial charge in [0.05, 0.1) is 24.3 Å². The Morgan fingerprint density at radius 1 is 0.964 bits per heavy atom. The lowest BCUT2D eigenvalue weighted by Gasteiger charge is -2.29. The number of carbonyl (C=O) groups is 5. The Morgan fingerprint density at radius 3 is 2.33 bits per heavy atom. The van der Waals surface area contributed by atoms with Crippen LogP contribution in [0.5, 0.6) is 0 Å². The number of aliphatic hydroxyl groups is 1. The minimum Gasteiger partial charge on any atom is -0.460 e. The lowest BCUT2D eigenvalue weighted by atomic mass is 9.90. The zero-order valence-corrected chi connectivity index (χ0v) is 31.5. The fourth-order valence-electron chi connectivity index (χ4n) is 6.85. The van der Waals surface area contributed by atoms with E-state index < -0.39 is 59.8 Å². The summed E-state index contributed by atoms with van der Waals surface area (Å²) in [6, 6.07) is 15.0. The summed E-state index contributed by atoms with van der Waals surface area (Å²) in [5, 5.41) is 16.5. The van der Waals surface area contributed by atoms with Gasteiger partial charge in [-0.15, -0.1) is 0 Å². The van der Waals surface area contributed by atoms with Crippen LogP contribution in [0.1, 0.15) is 63.5 Å². The number of Topliss-reactive ketones (excluding diaryl/α,β-unsaturated/α-hetero) is 1. The first-order valence-electron chi connectivity index (χ1n) is 18.5. The van der Waals surface area contributed by atoms with Crippen molar-refractivity contribution in [1.82, 2.24) is 10.6 Å². The van der Waals surface area contributed by atoms with E-state index in [9.17, 15) is 29.1 Å². The van der Waals surface area contributed by atoms with E-state index in [1.165, 1.54) is 20.1 Å². The topological polar surface area (TPSA) is 157 Å². The number of carbonyl (C=O) groups excluding carboxylic acids is 5. The molecule has 0 spiro atoms. The van der Waals surface area contributed by atoms with E-state index in [0.717, 1.165) is 28.3 Å². The molecule has 1 heterocycles. The van der Waals surface area contributed by atoms with Crippen LogP contribution in [0.15, 0.2) is 120 Å². The lowest BCUT2D eigenvalue weighted by Crippen LogP contribution is -2.43. The summed E-state index contributed by atoms with van der Waals surface area (Å²) < 4.78 is 16.9. The van der Waals surface area contributed by atoms with E-state index in [1.54, 1.807) is 56.4 Å². The van der Waals surface area contributed by atoms with Gasteiger partial charge in [0.2, 0.25) is 11.7 Å². The molecule has 2 aromatic carbocycles. The van der Waals surface area contributed by atoms with Gasteiger partial charge in [0.15, 0.2) is 5.78 Å². The summed E-state index contributed by atoms with van der Waals surface area (Å²) in [6.45, 7) is 5.11. The summed E-state index contributed by atoms with van der Waals surface area (Å²) in [5.41, 5.74) is 5.08. The largest absolute Gasteiger partial charge is 0.460 e. The Morgan fingerprint density at radius 2 is 1.64 bits per heavy atom. The zero-order chi connectivity index (χ0) is 39.5. The van der Waals surface area contributed by atoms with Crippen LogP contribution < -0.4 is 10.6 Å². The molecule has 1 aliphatic heterocycles. The Labute approximate surface area is 321 Å². The van der Waals surface area contributed by atoms with Crippen molar-refractivity contribution in [1.29, 1.82) is 0 Å². The van der Waals surface area contributed by atoms with Gasteiger partial charge in [-0.3, -0.25) is 14.4 Å². The highest BCUT2D eigenvalue weighted by molar-refractivity contribution is 6.21. The number of allylic oxidation sites excluding steroid dienone is 8. The van der Waals surface area contributed by atoms with Gasteiger partial charge >= 0.3 is 12.1 Å². The van der Waals surface area contributed by atoms with Crippen LogP contribution in [0.25, 0.3) is 11.1 Å². The van der Waals surface area contributed by atoms with Crippen molar-refractivity contribution in [3.63, 3.8) is 0 Å². The molecule has 3 N–H and O–H groups in total. The maximum Gasteiger partial charge on any atom is 0.407 e. The second kappa shape index (κ2) is 19.1. The van der Waals surface area contributed by atoms with E-state index in [2.05, 4.69) is 22.8 Å². The van der Waals surface area contributed by atoms with Crippen LogP contribution in [-0.2, 0) is 33.4 Å². The molecule has 0 saturated carbocycles. The second-order valence-corrected chi connectivity index (χ2v) is 13.9. The highest BCUT2D eigenvalue weighted by atomic mass is 16.6. The van der Waals surface area contributed by atoms with Gasteiger partial charge in [0, 0.05) is 37.0 Å². The predicted octanol–water partition coefficient (Wildman–Crippen LogP) is 6.10. The molecule has 5 atom stereocenters. The van der Waals surface area contributed by atoms with Gasteiger partial charge in [0.25, 0.3) is 0 Å². The first-order valence-corrected chi connectivity index (χ1v) is 18.5. The number of methoxy groups -OCH3 is 1. The molecule has 2 bridgehead atoms. The third kappa shape index (κ3) is 10.5. The number of nitrogens with one attached hydrogen (secondary N) is 2. The Balaban J connectivity index is 1.26. The van der Waals surface area contributed by atoms with Crippen molar-refractivity contribution in [2.45, 2.75) is 76.7 Å². The highest BCUT2D eigenvalue weighted by Gasteiger charge is 2.32. The molecular formula is C44H48N2O9. The van der Waals surface area contributed by atoms with Gasteiger partial charge < -0.3 is 30.0 Å². The average molecular weight is 749 g/mol. The molecule has 0 fully saturated rings. The number of hydrogen-bond donors (Lipinski definition) is 3. The quantitative estimate of drug-likeness (QED) is 0.180. The number of rotatable bonds is 6. The Hall–Kier alpha value is -5.65. The van der Waals surface area contributed by atoms with E-state index in [4.69, 9.17) is 14.2 Å². The molecule has 5 rings (SSSR count). The van der Waals surface area contributed by atoms with Crippen LogP contribution >= 0.6 is 0 Å². The molecule has 0 saturated heterocycles. The molecule has 288 valence electrons. The number of ketones is 2. The molecule has 3 aliphatic rings. The molecule has 11 heteroatoms. The monoisotopic (exact) mass is 748 g/mol. The van der Waals surface area contributed by atoms with Crippen LogP contribution in [-0.4, -0.2) is 72.7 Å². The third-order valence-electron chi connectivity index (χ3n) is 10.00. The first kappa shape index (κ1) is 40.5. The molecule has 11 nitrogen and oxygen atoms in total. The van der Waals surface area contributed by atoms with Gasteiger partial charge in [0.1, 0.15) is 18.8 Å². The molecule has 2 aliphatic carbocycles. The van der Waals surface area contributed by atoms with Crippen LogP contribution in [0.3, 0.4) is 0 Å². The zero-order valence-electron chi connectivity index (χ0n) is 31.5. The maximum absolute atomic E-state index is 13.4. The molecule has 2 amide bonds. The number of fused-ring (bicyclic) bond motifs is 5. The second-order valence-electron chi connectivity index (χ2n) is 13.9. The summed E-state index contributed by atoms with van der Waals surface area (Å²) in [5.74, 6) is -2.75. The van der Waals surface area contributed by atoms with Crippen LogP contribution in [0, 0.1) is 5.92 Å². The normalized spacial score (nSPS) is 25.5. The summed E-state index contributed by atoms with van der Waals surface area (Å²) in [7, 11) is 1.46. The summed E-state index contributed by atoms with van der Waals surface area (Å²) in [4.78, 5) is 64.5. The van der Waals surface area contributed by atoms with Gasteiger partial charge in [-0.2, -0.15) is 0 Å². The number of amides is 2. The predicted molar refractivity (Wildman–Crippen MR) is 207 cm³/mol. The molecule has 5 unspecified atom stereocenters. The van der Waals surface area contributed by atoms with Crippen LogP contribution in [0.2, 0.25) is 0 Å². The van der Waals surface area contributed by atoms with Gasteiger partial charge in [-0.05, 0) is 60.6 Å². The number of esters is 1. The smallest absolute Gasteiger partial charge is 0.407 e. The lowest BCUT2D eigenvalue weighted by molar-refractivity contribution is -0.155. The van der Waals surface area contributed by atoms with Crippen molar-refractivity contribution < 1.29 is 43.3 Å². The number of alkyl carbamates (subject to hydrolysis) is 1. The summed E-state index contributed by atoms with van der Waals surface area (Å²) in [6.07, 6.45) is 12.1. The molecular weight excluding hydrogens is 700 g/mol. The number of aliphatic hydroxyl groups excluding tert-OH is 1. The molecule has 2 aromatic rings. The van der Waals surface area contributed by atoms with E-state index in [0.29, 0.717) is 12.0 Å². The minimum atomic E-state index is -1.05. The van der Waals surface area contributed by atoms with Crippen molar-refractivity contribution in [2.24, 2.45) is 5.92 Å². The van der Waals surface area contributed by atoms with Crippen molar-refractivity contribution in [3.8, 4) is 11.1 Å². The van der Waals surface area contributed by atoms with E-state index in [1.807, 2.05) is 36.4 Å². The van der Waals surface area contributed by atoms with Gasteiger partial charge in [-0.1, -0.05) is 98.0 Å². The van der Waals surface area contributed by atoms with Crippen molar-refractivity contribution >= 4 is 29.5 Å². The maximum atomic E-state index is 13.4. The highest BCUT2D eigenvalue weighted by Crippen LogP contribution is 2.44. The molecule has 55 heavy (non-hydrogen) atoms. The van der Waals surface area contributed by atoms with E-state index >= 15 is 0 Å². The molecule has 0 radical (unpaired) electrons. The average Bonchev–Trinajstić information content (AvgIpc) is 3.49. The van der Waals surface area contributed by atoms with Crippen molar-refractivity contribution in [3.05, 3.63) is 131 Å². The van der Waals surface area contributed by atoms with Crippen molar-refractivity contribution in [2.75, 3.05) is 13.7 Å². The minimum absolute atomic E-state index is 0.0755. The molecule has 0 aromatic heterocycles. The van der Waals surface area contributed by atoms with Gasteiger partial charge in [-0.25, -0.2) is 9.59 Å². The third-order valence-corrected chi connectivity index (χ3v) is 10.00. The van der Waals surface area contributed by atoms with E-state index in [-0.39, 0.29) is 43.1 Å². The first-order chi connectivity index (χ1) is 26.5. The van der Waals surface area contributed by atoms with Crippen LogP contribution in [0.4, 0.5) is 4.79 Å². The number of benzene rings is 2. The summed E-state index contributed by atoms with van der Waals surface area (Å²) >= 11 is 0. The number of ether oxygens (including phenoxy) is 3. The fourth-order valence-corrected chi connectivity index (χ4v) is 6.85. The Bertz CT molecular complexity index is 1920. The standard InChI is InChI=1S/C44H48N2O9/c1-27-15-14-16-30-23-31(47)24-38(42(30)50)46-40(48)25-32(53-4)17-8-6-5-7-9-22-39(28(2)41(27)49)55-43(51)29(3)45-44(52)54-26-37-35-20-12-10-18-33(35)34-19-11-13-21-36(34)37/h5-13,15,17-21,23-24,28-29,32,37,39,41,49H,14,16,22,25-26H2,1-4H3,(H,45,52)(H,46,48)/b6-5-,9-7-,17-8-,27-15-. The SMILES string of the molecule is COC1\C=C/C=C\C=C/CC(OC(=O)C(C)NC(=O)OCC2c3ccccc3-c3ccccc32)C(C)C(O)/C(C)=C\CCC2=CC(=O)C=C(NC(=O)C1)C2=O. The fraction of sp³-hybridized carbons (Fsp3) is 0.341. The number of hydrogen-bond acceptors (Lipinski definition) is 9. The Kier molecular flexibility index (Phi) is 14.1.